The van der Waals surface area contributed by atoms with Gasteiger partial charge in [-0.25, -0.2) is 0 Å². The second kappa shape index (κ2) is 5.69. The average molecular weight is 219 g/mol. The van der Waals surface area contributed by atoms with Gasteiger partial charge >= 0.3 is 0 Å². The molecule has 0 unspecified atom stereocenters. The van der Waals surface area contributed by atoms with E-state index in [9.17, 15) is 4.79 Å². The third-order valence-corrected chi connectivity index (χ3v) is 2.74. The SMILES string of the molecule is CCC[C@H](C)NC(=O)c1cc(C)ccc1C. The van der Waals surface area contributed by atoms with E-state index in [0.717, 1.165) is 29.5 Å². The Bertz CT molecular complexity index is 371. The molecule has 1 atom stereocenters. The highest BCUT2D eigenvalue weighted by molar-refractivity contribution is 5.95. The number of rotatable bonds is 4. The molecule has 2 nitrogen and oxygen atoms in total. The molecule has 0 aliphatic carbocycles. The molecule has 1 aromatic carbocycles. The minimum absolute atomic E-state index is 0.0437. The van der Waals surface area contributed by atoms with Gasteiger partial charge in [0.1, 0.15) is 0 Å². The van der Waals surface area contributed by atoms with Crippen LogP contribution in [0.5, 0.6) is 0 Å². The topological polar surface area (TPSA) is 29.1 Å². The molecule has 16 heavy (non-hydrogen) atoms. The zero-order valence-electron chi connectivity index (χ0n) is 10.6. The van der Waals surface area contributed by atoms with Gasteiger partial charge < -0.3 is 5.32 Å². The Morgan fingerprint density at radius 3 is 2.69 bits per heavy atom. The number of aryl methyl sites for hydroxylation is 2. The van der Waals surface area contributed by atoms with Crippen LogP contribution in [0.3, 0.4) is 0 Å². The zero-order chi connectivity index (χ0) is 12.1. The Balaban J connectivity index is 2.76. The first-order chi connectivity index (χ1) is 7.54. The lowest BCUT2D eigenvalue weighted by atomic mass is 10.0. The maximum Gasteiger partial charge on any atom is 0.251 e. The lowest BCUT2D eigenvalue weighted by molar-refractivity contribution is 0.0937. The van der Waals surface area contributed by atoms with Crippen molar-refractivity contribution in [3.05, 3.63) is 34.9 Å². The van der Waals surface area contributed by atoms with Crippen LogP contribution in [0, 0.1) is 13.8 Å². The molecular formula is C14H21NO. The number of carbonyl (C=O) groups excluding carboxylic acids is 1. The van der Waals surface area contributed by atoms with Gasteiger partial charge in [-0.3, -0.25) is 4.79 Å². The quantitative estimate of drug-likeness (QED) is 0.827. The summed E-state index contributed by atoms with van der Waals surface area (Å²) in [6, 6.07) is 6.22. The molecule has 1 rings (SSSR count). The number of benzene rings is 1. The number of amides is 1. The Labute approximate surface area is 98.1 Å². The number of nitrogens with one attached hydrogen (secondary N) is 1. The van der Waals surface area contributed by atoms with Gasteiger partial charge in [-0.05, 0) is 38.8 Å². The second-order valence-electron chi connectivity index (χ2n) is 4.48. The van der Waals surface area contributed by atoms with E-state index in [-0.39, 0.29) is 11.9 Å². The van der Waals surface area contributed by atoms with Crippen LogP contribution in [0.1, 0.15) is 48.2 Å². The van der Waals surface area contributed by atoms with Gasteiger partial charge in [0.05, 0.1) is 0 Å². The van der Waals surface area contributed by atoms with Gasteiger partial charge in [0.25, 0.3) is 5.91 Å². The molecule has 0 aromatic heterocycles. The van der Waals surface area contributed by atoms with Crippen LogP contribution in [-0.4, -0.2) is 11.9 Å². The normalized spacial score (nSPS) is 12.2. The highest BCUT2D eigenvalue weighted by atomic mass is 16.1. The summed E-state index contributed by atoms with van der Waals surface area (Å²) in [5, 5.41) is 3.03. The van der Waals surface area contributed by atoms with E-state index in [1.54, 1.807) is 0 Å². The maximum atomic E-state index is 12.0. The third kappa shape index (κ3) is 3.37. The van der Waals surface area contributed by atoms with Crippen LogP contribution in [0.4, 0.5) is 0 Å². The van der Waals surface area contributed by atoms with Crippen molar-refractivity contribution in [1.82, 2.24) is 5.32 Å². The van der Waals surface area contributed by atoms with Gasteiger partial charge in [0.15, 0.2) is 0 Å². The van der Waals surface area contributed by atoms with Crippen molar-refractivity contribution in [2.75, 3.05) is 0 Å². The Hall–Kier alpha value is -1.31. The summed E-state index contributed by atoms with van der Waals surface area (Å²) in [5.74, 6) is 0.0437. The molecule has 0 radical (unpaired) electrons. The predicted octanol–water partition coefficient (Wildman–Crippen LogP) is 3.22. The molecule has 1 amide bonds. The van der Waals surface area contributed by atoms with Crippen molar-refractivity contribution >= 4 is 5.91 Å². The summed E-state index contributed by atoms with van der Waals surface area (Å²) in [4.78, 5) is 12.0. The summed E-state index contributed by atoms with van der Waals surface area (Å²) < 4.78 is 0. The van der Waals surface area contributed by atoms with Crippen molar-refractivity contribution in [2.45, 2.75) is 46.6 Å². The van der Waals surface area contributed by atoms with E-state index in [0.29, 0.717) is 0 Å². The number of hydrogen-bond acceptors (Lipinski definition) is 1. The fourth-order valence-corrected chi connectivity index (χ4v) is 1.79. The first-order valence-electron chi connectivity index (χ1n) is 5.92. The van der Waals surface area contributed by atoms with Crippen LogP contribution < -0.4 is 5.32 Å². The summed E-state index contributed by atoms with van der Waals surface area (Å²) >= 11 is 0. The first-order valence-corrected chi connectivity index (χ1v) is 5.92. The minimum atomic E-state index is 0.0437. The molecule has 0 aliphatic rings. The van der Waals surface area contributed by atoms with Gasteiger partial charge in [-0.15, -0.1) is 0 Å². The molecule has 2 heteroatoms. The molecule has 0 spiro atoms. The fraction of sp³-hybridized carbons (Fsp3) is 0.500. The lowest BCUT2D eigenvalue weighted by Gasteiger charge is -2.14. The number of hydrogen-bond donors (Lipinski definition) is 1. The smallest absolute Gasteiger partial charge is 0.251 e. The highest BCUT2D eigenvalue weighted by Gasteiger charge is 2.11. The Morgan fingerprint density at radius 1 is 1.38 bits per heavy atom. The largest absolute Gasteiger partial charge is 0.350 e. The van der Waals surface area contributed by atoms with E-state index in [1.807, 2.05) is 39.0 Å². The van der Waals surface area contributed by atoms with Gasteiger partial charge in [-0.2, -0.15) is 0 Å². The third-order valence-electron chi connectivity index (χ3n) is 2.74. The van der Waals surface area contributed by atoms with Gasteiger partial charge in [-0.1, -0.05) is 31.0 Å². The van der Waals surface area contributed by atoms with Gasteiger partial charge in [0, 0.05) is 11.6 Å². The van der Waals surface area contributed by atoms with Gasteiger partial charge in [0.2, 0.25) is 0 Å². The number of carbonyl (C=O) groups is 1. The highest BCUT2D eigenvalue weighted by Crippen LogP contribution is 2.11. The molecule has 0 bridgehead atoms. The molecule has 0 heterocycles. The summed E-state index contributed by atoms with van der Waals surface area (Å²) in [5.41, 5.74) is 2.95. The van der Waals surface area contributed by atoms with E-state index >= 15 is 0 Å². The molecule has 0 saturated heterocycles. The van der Waals surface area contributed by atoms with Crippen LogP contribution in [-0.2, 0) is 0 Å². The molecule has 0 aliphatic heterocycles. The maximum absolute atomic E-state index is 12.0. The lowest BCUT2D eigenvalue weighted by Crippen LogP contribution is -2.32. The molecule has 0 saturated carbocycles. The van der Waals surface area contributed by atoms with Crippen LogP contribution >= 0.6 is 0 Å². The zero-order valence-corrected chi connectivity index (χ0v) is 10.6. The molecule has 1 N–H and O–H groups in total. The second-order valence-corrected chi connectivity index (χ2v) is 4.48. The Kier molecular flexibility index (Phi) is 4.53. The Morgan fingerprint density at radius 2 is 2.06 bits per heavy atom. The average Bonchev–Trinajstić information content (AvgIpc) is 2.21. The minimum Gasteiger partial charge on any atom is -0.350 e. The molecular weight excluding hydrogens is 198 g/mol. The van der Waals surface area contributed by atoms with Crippen LogP contribution in [0.25, 0.3) is 0 Å². The fourth-order valence-electron chi connectivity index (χ4n) is 1.79. The van der Waals surface area contributed by atoms with E-state index in [4.69, 9.17) is 0 Å². The summed E-state index contributed by atoms with van der Waals surface area (Å²) in [6.07, 6.45) is 2.12. The van der Waals surface area contributed by atoms with E-state index in [1.165, 1.54) is 0 Å². The van der Waals surface area contributed by atoms with Crippen molar-refractivity contribution in [3.8, 4) is 0 Å². The summed E-state index contributed by atoms with van der Waals surface area (Å²) in [6.45, 7) is 8.15. The van der Waals surface area contributed by atoms with Crippen molar-refractivity contribution in [1.29, 1.82) is 0 Å². The van der Waals surface area contributed by atoms with Crippen molar-refractivity contribution in [2.24, 2.45) is 0 Å². The monoisotopic (exact) mass is 219 g/mol. The molecule has 0 fully saturated rings. The van der Waals surface area contributed by atoms with Crippen LogP contribution in [0.2, 0.25) is 0 Å². The first kappa shape index (κ1) is 12.8. The molecule has 88 valence electrons. The van der Waals surface area contributed by atoms with Crippen molar-refractivity contribution < 1.29 is 4.79 Å². The van der Waals surface area contributed by atoms with Crippen molar-refractivity contribution in [3.63, 3.8) is 0 Å². The van der Waals surface area contributed by atoms with Crippen LogP contribution in [0.15, 0.2) is 18.2 Å². The van der Waals surface area contributed by atoms with E-state index in [2.05, 4.69) is 12.2 Å². The standard InChI is InChI=1S/C14H21NO/c1-5-6-12(4)15-14(16)13-9-10(2)7-8-11(13)3/h7-9,12H,5-6H2,1-4H3,(H,15,16)/t12-/m0/s1. The summed E-state index contributed by atoms with van der Waals surface area (Å²) in [7, 11) is 0. The molecule has 1 aromatic rings. The van der Waals surface area contributed by atoms with E-state index < -0.39 is 0 Å². The predicted molar refractivity (Wildman–Crippen MR) is 67.8 cm³/mol.